The van der Waals surface area contributed by atoms with Gasteiger partial charge in [0, 0.05) is 55.6 Å². The minimum atomic E-state index is 0.0449. The van der Waals surface area contributed by atoms with Gasteiger partial charge in [0.1, 0.15) is 5.69 Å². The number of piperidine rings is 1. The molecular weight excluding hydrogens is 472 g/mol. The second-order valence-corrected chi connectivity index (χ2v) is 10.3. The van der Waals surface area contributed by atoms with E-state index < -0.39 is 0 Å². The largest absolute Gasteiger partial charge is 0.372 e. The van der Waals surface area contributed by atoms with Gasteiger partial charge in [0.05, 0.1) is 12.5 Å². The van der Waals surface area contributed by atoms with Crippen molar-refractivity contribution in [2.75, 3.05) is 23.3 Å². The molecule has 2 heterocycles. The third-order valence-electron chi connectivity index (χ3n) is 7.37. The van der Waals surface area contributed by atoms with Crippen LogP contribution in [0.4, 0.5) is 17.1 Å². The van der Waals surface area contributed by atoms with Crippen molar-refractivity contribution in [1.82, 2.24) is 9.55 Å². The average Bonchev–Trinajstić information content (AvgIpc) is 3.37. The summed E-state index contributed by atoms with van der Waals surface area (Å²) in [4.78, 5) is 31.8. The van der Waals surface area contributed by atoms with Gasteiger partial charge in [-0.15, -0.1) is 0 Å². The summed E-state index contributed by atoms with van der Waals surface area (Å²) in [5.74, 6) is 0.971. The molecule has 0 atom stereocenters. The summed E-state index contributed by atoms with van der Waals surface area (Å²) in [5.41, 5.74) is 6.39. The predicted molar refractivity (Wildman–Crippen MR) is 152 cm³/mol. The number of nitrogens with zero attached hydrogens (tertiary/aromatic N) is 3. The van der Waals surface area contributed by atoms with Crippen LogP contribution in [0, 0.1) is 5.92 Å². The van der Waals surface area contributed by atoms with Crippen molar-refractivity contribution in [1.29, 1.82) is 0 Å². The van der Waals surface area contributed by atoms with Crippen LogP contribution in [-0.4, -0.2) is 34.2 Å². The maximum atomic E-state index is 12.9. The Balaban J connectivity index is 1.13. The highest BCUT2D eigenvalue weighted by atomic mass is 16.1. The standard InChI is InChI=1S/C32H34N4O2/c1-23-15-17-36(18-16-23)29-13-7-26(8-14-29)31(37)19-24-3-9-27(10-4-24)34-28-11-5-25(6-12-28)20-32(38)30-21-33-22-35(30)2/h3-14,21-23,34H,15-20H2,1-2H3. The fourth-order valence-electron chi connectivity index (χ4n) is 4.89. The van der Waals surface area contributed by atoms with Gasteiger partial charge in [-0.3, -0.25) is 9.59 Å². The molecule has 1 saturated heterocycles. The van der Waals surface area contributed by atoms with E-state index >= 15 is 0 Å². The second kappa shape index (κ2) is 11.5. The van der Waals surface area contributed by atoms with Crippen molar-refractivity contribution in [3.63, 3.8) is 0 Å². The molecule has 6 nitrogen and oxygen atoms in total. The van der Waals surface area contributed by atoms with Crippen molar-refractivity contribution in [3.05, 3.63) is 108 Å². The predicted octanol–water partition coefficient (Wildman–Crippen LogP) is 6.25. The molecule has 6 heteroatoms. The van der Waals surface area contributed by atoms with Crippen LogP contribution in [0.2, 0.25) is 0 Å². The van der Waals surface area contributed by atoms with Crippen molar-refractivity contribution in [3.8, 4) is 0 Å². The maximum Gasteiger partial charge on any atom is 0.185 e. The highest BCUT2D eigenvalue weighted by Crippen LogP contribution is 2.24. The molecule has 5 rings (SSSR count). The number of imidazole rings is 1. The smallest absolute Gasteiger partial charge is 0.185 e. The Morgan fingerprint density at radius 2 is 1.37 bits per heavy atom. The van der Waals surface area contributed by atoms with Crippen molar-refractivity contribution in [2.24, 2.45) is 13.0 Å². The van der Waals surface area contributed by atoms with Gasteiger partial charge in [0.15, 0.2) is 11.6 Å². The Morgan fingerprint density at radius 1 is 0.816 bits per heavy atom. The summed E-state index contributed by atoms with van der Waals surface area (Å²) in [6.45, 7) is 4.49. The summed E-state index contributed by atoms with van der Waals surface area (Å²) < 4.78 is 1.74. The molecule has 4 aromatic rings. The van der Waals surface area contributed by atoms with E-state index in [0.717, 1.165) is 47.1 Å². The quantitative estimate of drug-likeness (QED) is 0.272. The number of carbonyl (C=O) groups is 2. The fourth-order valence-corrected chi connectivity index (χ4v) is 4.89. The molecule has 0 saturated carbocycles. The van der Waals surface area contributed by atoms with E-state index in [-0.39, 0.29) is 11.6 Å². The lowest BCUT2D eigenvalue weighted by Gasteiger charge is -2.32. The normalized spacial score (nSPS) is 13.9. The van der Waals surface area contributed by atoms with Crippen LogP contribution in [0.3, 0.4) is 0 Å². The summed E-state index contributed by atoms with van der Waals surface area (Å²) in [6.07, 6.45) is 6.40. The number of rotatable bonds is 9. The van der Waals surface area contributed by atoms with Crippen LogP contribution in [0.15, 0.2) is 85.3 Å². The van der Waals surface area contributed by atoms with Crippen LogP contribution in [0.1, 0.15) is 51.7 Å². The maximum absolute atomic E-state index is 12.9. The van der Waals surface area contributed by atoms with Crippen LogP contribution >= 0.6 is 0 Å². The highest BCUT2D eigenvalue weighted by Gasteiger charge is 2.16. The second-order valence-electron chi connectivity index (χ2n) is 10.3. The molecular formula is C32H34N4O2. The molecule has 1 fully saturated rings. The number of hydrogen-bond donors (Lipinski definition) is 1. The fraction of sp³-hybridized carbons (Fsp3) is 0.281. The number of carbonyl (C=O) groups excluding carboxylic acids is 2. The van der Waals surface area contributed by atoms with E-state index in [1.165, 1.54) is 18.5 Å². The molecule has 3 aromatic carbocycles. The molecule has 0 bridgehead atoms. The highest BCUT2D eigenvalue weighted by molar-refractivity contribution is 5.98. The average molecular weight is 507 g/mol. The Labute approximate surface area is 224 Å². The minimum absolute atomic E-state index is 0.0449. The lowest BCUT2D eigenvalue weighted by Crippen LogP contribution is -2.32. The van der Waals surface area contributed by atoms with Gasteiger partial charge in [0.2, 0.25) is 0 Å². The molecule has 0 aliphatic carbocycles. The van der Waals surface area contributed by atoms with Crippen LogP contribution in [0.25, 0.3) is 0 Å². The summed E-state index contributed by atoms with van der Waals surface area (Å²) in [6, 6.07) is 23.9. The van der Waals surface area contributed by atoms with E-state index in [9.17, 15) is 9.59 Å². The molecule has 0 spiro atoms. The number of nitrogens with one attached hydrogen (secondary N) is 1. The van der Waals surface area contributed by atoms with Crippen LogP contribution in [-0.2, 0) is 19.9 Å². The lowest BCUT2D eigenvalue weighted by atomic mass is 9.98. The lowest BCUT2D eigenvalue weighted by molar-refractivity contribution is 0.0980. The molecule has 0 amide bonds. The molecule has 1 aliphatic rings. The van der Waals surface area contributed by atoms with Crippen molar-refractivity contribution >= 4 is 28.6 Å². The molecule has 1 N–H and O–H groups in total. The summed E-state index contributed by atoms with van der Waals surface area (Å²) in [7, 11) is 1.82. The molecule has 38 heavy (non-hydrogen) atoms. The first-order chi connectivity index (χ1) is 18.4. The minimum Gasteiger partial charge on any atom is -0.372 e. The Morgan fingerprint density at radius 3 is 1.89 bits per heavy atom. The van der Waals surface area contributed by atoms with E-state index in [2.05, 4.69) is 34.3 Å². The first-order valence-electron chi connectivity index (χ1n) is 13.3. The van der Waals surface area contributed by atoms with Gasteiger partial charge in [-0.05, 0) is 78.4 Å². The van der Waals surface area contributed by atoms with Crippen LogP contribution in [0.5, 0.6) is 0 Å². The van der Waals surface area contributed by atoms with Crippen LogP contribution < -0.4 is 10.2 Å². The van der Waals surface area contributed by atoms with Gasteiger partial charge in [-0.1, -0.05) is 31.2 Å². The first-order valence-corrected chi connectivity index (χ1v) is 13.3. The number of aryl methyl sites for hydroxylation is 1. The summed E-state index contributed by atoms with van der Waals surface area (Å²) >= 11 is 0. The number of ketones is 2. The number of hydrogen-bond acceptors (Lipinski definition) is 5. The van der Waals surface area contributed by atoms with Crippen molar-refractivity contribution < 1.29 is 9.59 Å². The molecule has 1 aliphatic heterocycles. The van der Waals surface area contributed by atoms with E-state index in [0.29, 0.717) is 18.5 Å². The Kier molecular flexibility index (Phi) is 7.68. The first kappa shape index (κ1) is 25.5. The van der Waals surface area contributed by atoms with Crippen molar-refractivity contribution in [2.45, 2.75) is 32.6 Å². The zero-order chi connectivity index (χ0) is 26.5. The number of benzene rings is 3. The van der Waals surface area contributed by atoms with E-state index in [1.807, 2.05) is 67.7 Å². The van der Waals surface area contributed by atoms with Gasteiger partial charge in [-0.25, -0.2) is 4.98 Å². The monoisotopic (exact) mass is 506 g/mol. The number of Topliss-reactive ketones (excluding diaryl/α,β-unsaturated/α-hetero) is 2. The number of aromatic nitrogens is 2. The third-order valence-corrected chi connectivity index (χ3v) is 7.37. The zero-order valence-corrected chi connectivity index (χ0v) is 22.1. The van der Waals surface area contributed by atoms with E-state index in [4.69, 9.17) is 0 Å². The molecule has 1 aromatic heterocycles. The van der Waals surface area contributed by atoms with Gasteiger partial charge < -0.3 is 14.8 Å². The molecule has 0 radical (unpaired) electrons. The van der Waals surface area contributed by atoms with Gasteiger partial charge in [-0.2, -0.15) is 0 Å². The number of anilines is 3. The Hall–Kier alpha value is -4.19. The molecule has 194 valence electrons. The van der Waals surface area contributed by atoms with Gasteiger partial charge in [0.25, 0.3) is 0 Å². The SMILES string of the molecule is CC1CCN(c2ccc(C(=O)Cc3ccc(Nc4ccc(CC(=O)c5cncn5C)cc4)cc3)cc2)CC1. The van der Waals surface area contributed by atoms with E-state index in [1.54, 1.807) is 17.1 Å². The molecule has 0 unspecified atom stereocenters. The topological polar surface area (TPSA) is 67.2 Å². The summed E-state index contributed by atoms with van der Waals surface area (Å²) in [5, 5.41) is 3.38. The third kappa shape index (κ3) is 6.20. The Bertz CT molecular complexity index is 1380. The zero-order valence-electron chi connectivity index (χ0n) is 22.1. The van der Waals surface area contributed by atoms with Gasteiger partial charge >= 0.3 is 0 Å².